The molecule has 26 heavy (non-hydrogen) atoms. The van der Waals surface area contributed by atoms with Crippen molar-refractivity contribution in [1.82, 2.24) is 10.2 Å². The molecule has 0 amide bonds. The number of hydrogen-bond donors (Lipinski definition) is 1. The number of methoxy groups -OCH3 is 1. The molecular weight excluding hydrogens is 398 g/mol. The van der Waals surface area contributed by atoms with Gasteiger partial charge in [-0.15, -0.1) is 10.2 Å². The molecule has 0 radical (unpaired) electrons. The Hall–Kier alpha value is -2.49. The molecule has 0 aliphatic rings. The van der Waals surface area contributed by atoms with Gasteiger partial charge in [0.15, 0.2) is 0 Å². The average Bonchev–Trinajstić information content (AvgIpc) is 3.09. The van der Waals surface area contributed by atoms with E-state index in [0.29, 0.717) is 5.01 Å². The van der Waals surface area contributed by atoms with Crippen molar-refractivity contribution in [2.45, 2.75) is 4.90 Å². The van der Waals surface area contributed by atoms with Crippen LogP contribution >= 0.6 is 22.9 Å². The molecule has 0 aliphatic heterocycles. The summed E-state index contributed by atoms with van der Waals surface area (Å²) in [5, 5.41) is 8.45. The van der Waals surface area contributed by atoms with Gasteiger partial charge in [-0.1, -0.05) is 53.3 Å². The molecule has 7 nitrogen and oxygen atoms in total. The zero-order chi connectivity index (χ0) is 18.7. The Bertz CT molecular complexity index is 1050. The molecule has 1 aromatic heterocycles. The number of nitrogens with one attached hydrogen (secondary N) is 1. The number of benzene rings is 2. The minimum Gasteiger partial charge on any atom is -0.465 e. The van der Waals surface area contributed by atoms with Crippen molar-refractivity contribution < 1.29 is 17.9 Å². The maximum absolute atomic E-state index is 12.6. The van der Waals surface area contributed by atoms with E-state index in [0.717, 1.165) is 23.0 Å². The Morgan fingerprint density at radius 2 is 1.88 bits per heavy atom. The summed E-state index contributed by atoms with van der Waals surface area (Å²) in [7, 11) is -2.85. The summed E-state index contributed by atoms with van der Waals surface area (Å²) in [6.45, 7) is 0. The number of anilines is 1. The highest BCUT2D eigenvalue weighted by Crippen LogP contribution is 2.29. The Morgan fingerprint density at radius 3 is 2.58 bits per heavy atom. The van der Waals surface area contributed by atoms with Crippen molar-refractivity contribution in [2.24, 2.45) is 0 Å². The molecule has 0 saturated heterocycles. The zero-order valence-corrected chi connectivity index (χ0v) is 15.7. The number of aromatic nitrogens is 2. The van der Waals surface area contributed by atoms with E-state index in [1.54, 1.807) is 0 Å². The van der Waals surface area contributed by atoms with Crippen molar-refractivity contribution in [3.63, 3.8) is 0 Å². The van der Waals surface area contributed by atoms with Crippen LogP contribution in [0, 0.1) is 0 Å². The molecule has 134 valence electrons. The van der Waals surface area contributed by atoms with Crippen molar-refractivity contribution in [3.05, 3.63) is 59.1 Å². The molecule has 0 unspecified atom stereocenters. The van der Waals surface area contributed by atoms with Crippen molar-refractivity contribution in [3.8, 4) is 10.6 Å². The summed E-state index contributed by atoms with van der Waals surface area (Å²) in [5.74, 6) is -0.666. The summed E-state index contributed by atoms with van der Waals surface area (Å²) in [5.41, 5.74) is 0.890. The highest BCUT2D eigenvalue weighted by Gasteiger charge is 2.22. The van der Waals surface area contributed by atoms with Crippen LogP contribution in [0.5, 0.6) is 0 Å². The summed E-state index contributed by atoms with van der Waals surface area (Å²) < 4.78 is 32.2. The van der Waals surface area contributed by atoms with Crippen LogP contribution in [0.15, 0.2) is 53.4 Å². The molecule has 0 bridgehead atoms. The fraction of sp³-hybridized carbons (Fsp3) is 0.0625. The van der Waals surface area contributed by atoms with E-state index in [9.17, 15) is 13.2 Å². The van der Waals surface area contributed by atoms with Crippen LogP contribution < -0.4 is 4.72 Å². The molecule has 1 N–H and O–H groups in total. The quantitative estimate of drug-likeness (QED) is 0.648. The lowest BCUT2D eigenvalue weighted by Crippen LogP contribution is -2.14. The molecule has 0 aliphatic carbocycles. The number of carbonyl (C=O) groups is 1. The number of carbonyl (C=O) groups excluding carboxylic acids is 1. The second-order valence-electron chi connectivity index (χ2n) is 5.02. The first kappa shape index (κ1) is 18.3. The normalized spacial score (nSPS) is 11.2. The Kier molecular flexibility index (Phi) is 5.21. The van der Waals surface area contributed by atoms with Crippen LogP contribution in [-0.2, 0) is 14.8 Å². The minimum absolute atomic E-state index is 0.0297. The minimum atomic E-state index is -4.06. The molecule has 10 heteroatoms. The number of halogens is 1. The summed E-state index contributed by atoms with van der Waals surface area (Å²) in [6, 6.07) is 13.1. The van der Waals surface area contributed by atoms with Crippen LogP contribution in [0.25, 0.3) is 10.6 Å². The smallest absolute Gasteiger partial charge is 0.337 e. The number of esters is 1. The number of hydrogen-bond acceptors (Lipinski definition) is 7. The monoisotopic (exact) mass is 409 g/mol. The third-order valence-electron chi connectivity index (χ3n) is 3.31. The van der Waals surface area contributed by atoms with Gasteiger partial charge < -0.3 is 4.74 Å². The van der Waals surface area contributed by atoms with Crippen molar-refractivity contribution in [1.29, 1.82) is 0 Å². The van der Waals surface area contributed by atoms with Crippen molar-refractivity contribution >= 4 is 44.1 Å². The van der Waals surface area contributed by atoms with Gasteiger partial charge in [0.25, 0.3) is 10.0 Å². The van der Waals surface area contributed by atoms with E-state index >= 15 is 0 Å². The Morgan fingerprint density at radius 1 is 1.15 bits per heavy atom. The fourth-order valence-electron chi connectivity index (χ4n) is 2.09. The molecule has 1 heterocycles. The number of nitrogens with zero attached hydrogens (tertiary/aromatic N) is 2. The maximum Gasteiger partial charge on any atom is 0.337 e. The third kappa shape index (κ3) is 3.85. The third-order valence-corrected chi connectivity index (χ3v) is 6.15. The molecule has 3 aromatic rings. The van der Waals surface area contributed by atoms with E-state index in [-0.39, 0.29) is 20.6 Å². The lowest BCUT2D eigenvalue weighted by atomic mass is 10.2. The molecule has 3 rings (SSSR count). The van der Waals surface area contributed by atoms with E-state index < -0.39 is 16.0 Å². The standard InChI is InChI=1S/C16H12ClN3O4S2/c1-24-15(21)11-7-8-12(17)13(9-11)26(22,23)20-16-19-18-14(25-16)10-5-3-2-4-6-10/h2-9H,1H3,(H,19,20). The fourth-order valence-corrected chi connectivity index (χ4v) is 4.59. The van der Waals surface area contributed by atoms with Gasteiger partial charge in [0.1, 0.15) is 9.90 Å². The van der Waals surface area contributed by atoms with Crippen LogP contribution in [0.3, 0.4) is 0 Å². The molecule has 0 spiro atoms. The highest BCUT2D eigenvalue weighted by atomic mass is 35.5. The summed E-state index contributed by atoms with van der Waals surface area (Å²) in [4.78, 5) is 11.4. The molecular formula is C16H12ClN3O4S2. The highest BCUT2D eigenvalue weighted by molar-refractivity contribution is 7.93. The number of rotatable bonds is 5. The van der Waals surface area contributed by atoms with Gasteiger partial charge >= 0.3 is 5.97 Å². The van der Waals surface area contributed by atoms with E-state index in [1.165, 1.54) is 19.2 Å². The van der Waals surface area contributed by atoms with Gasteiger partial charge in [0, 0.05) is 5.56 Å². The van der Waals surface area contributed by atoms with Gasteiger partial charge in [0.2, 0.25) is 5.13 Å². The van der Waals surface area contributed by atoms with Crippen LogP contribution in [0.2, 0.25) is 5.02 Å². The maximum atomic E-state index is 12.6. The lowest BCUT2D eigenvalue weighted by molar-refractivity contribution is 0.0600. The summed E-state index contributed by atoms with van der Waals surface area (Å²) >= 11 is 7.07. The van der Waals surface area contributed by atoms with Gasteiger partial charge in [0.05, 0.1) is 17.7 Å². The zero-order valence-electron chi connectivity index (χ0n) is 13.3. The van der Waals surface area contributed by atoms with E-state index in [2.05, 4.69) is 19.7 Å². The van der Waals surface area contributed by atoms with Crippen molar-refractivity contribution in [2.75, 3.05) is 11.8 Å². The van der Waals surface area contributed by atoms with Gasteiger partial charge in [-0.3, -0.25) is 4.72 Å². The first-order valence-corrected chi connectivity index (χ1v) is 9.88. The van der Waals surface area contributed by atoms with E-state index in [1.807, 2.05) is 30.3 Å². The predicted octanol–water partition coefficient (Wildman–Crippen LogP) is 3.45. The predicted molar refractivity (Wildman–Crippen MR) is 98.9 cm³/mol. The molecule has 0 atom stereocenters. The Balaban J connectivity index is 1.90. The van der Waals surface area contributed by atoms with Crippen LogP contribution in [0.1, 0.15) is 10.4 Å². The molecule has 2 aromatic carbocycles. The second kappa shape index (κ2) is 7.40. The Labute approximate surface area is 158 Å². The van der Waals surface area contributed by atoms with Crippen LogP contribution in [0.4, 0.5) is 5.13 Å². The van der Waals surface area contributed by atoms with E-state index in [4.69, 9.17) is 11.6 Å². The second-order valence-corrected chi connectivity index (χ2v) is 8.06. The van der Waals surface area contributed by atoms with Gasteiger partial charge in [-0.2, -0.15) is 0 Å². The number of sulfonamides is 1. The lowest BCUT2D eigenvalue weighted by Gasteiger charge is -2.08. The average molecular weight is 410 g/mol. The first-order chi connectivity index (χ1) is 12.4. The molecule has 0 fully saturated rings. The summed E-state index contributed by atoms with van der Waals surface area (Å²) in [6.07, 6.45) is 0. The SMILES string of the molecule is COC(=O)c1ccc(Cl)c(S(=O)(=O)Nc2nnc(-c3ccccc3)s2)c1. The topological polar surface area (TPSA) is 98.2 Å². The first-order valence-electron chi connectivity index (χ1n) is 7.20. The van der Waals surface area contributed by atoms with Crippen LogP contribution in [-0.4, -0.2) is 31.7 Å². The largest absolute Gasteiger partial charge is 0.465 e. The number of ether oxygens (including phenoxy) is 1. The van der Waals surface area contributed by atoms with Gasteiger partial charge in [-0.05, 0) is 18.2 Å². The molecule has 0 saturated carbocycles. The van der Waals surface area contributed by atoms with Gasteiger partial charge in [-0.25, -0.2) is 13.2 Å².